The molecule has 0 unspecified atom stereocenters. The van der Waals surface area contributed by atoms with Crippen LogP contribution in [0.2, 0.25) is 0 Å². The van der Waals surface area contributed by atoms with Crippen LogP contribution >= 0.6 is 0 Å². The van der Waals surface area contributed by atoms with Crippen molar-refractivity contribution in [2.75, 3.05) is 44.7 Å². The molecule has 3 aliphatic rings. The molecule has 182 valence electrons. The van der Waals surface area contributed by atoms with E-state index in [-0.39, 0.29) is 0 Å². The fourth-order valence-electron chi connectivity index (χ4n) is 5.16. The third kappa shape index (κ3) is 4.80. The maximum Gasteiger partial charge on any atom is 0.162 e. The molecule has 7 nitrogen and oxygen atoms in total. The molecule has 0 atom stereocenters. The summed E-state index contributed by atoms with van der Waals surface area (Å²) in [4.78, 5) is 17.0. The highest BCUT2D eigenvalue weighted by Crippen LogP contribution is 2.33. The molecule has 4 N–H and O–H groups in total. The number of aromatic nitrogens is 2. The van der Waals surface area contributed by atoms with E-state index >= 15 is 0 Å². The van der Waals surface area contributed by atoms with Gasteiger partial charge in [0.1, 0.15) is 5.82 Å². The molecule has 4 rings (SSSR count). The smallest absolute Gasteiger partial charge is 0.162 e. The summed E-state index contributed by atoms with van der Waals surface area (Å²) in [7, 11) is 1.84. The fraction of sp³-hybridized carbons (Fsp3) is 0.519. The first kappa shape index (κ1) is 24.2. The number of anilines is 1. The van der Waals surface area contributed by atoms with Crippen molar-refractivity contribution in [3.05, 3.63) is 45.5 Å². The SMILES string of the molecule is C=c1nc(C(/C=C\N)=C2/CNC(C)=C2CCC)nc(N2CCNCC2)/c1=C(/C=NC)C1CCC1. The minimum absolute atomic E-state index is 0.503. The van der Waals surface area contributed by atoms with Crippen LogP contribution < -0.4 is 31.8 Å². The van der Waals surface area contributed by atoms with Crippen LogP contribution in [-0.2, 0) is 0 Å². The lowest BCUT2D eigenvalue weighted by Gasteiger charge is -2.31. The second-order valence-electron chi connectivity index (χ2n) is 9.36. The molecule has 1 aromatic heterocycles. The van der Waals surface area contributed by atoms with Crippen LogP contribution in [0.15, 0.2) is 34.1 Å². The summed E-state index contributed by atoms with van der Waals surface area (Å²) in [6.07, 6.45) is 11.3. The van der Waals surface area contributed by atoms with Gasteiger partial charge in [-0.15, -0.1) is 0 Å². The summed E-state index contributed by atoms with van der Waals surface area (Å²) in [5.74, 6) is 2.18. The van der Waals surface area contributed by atoms with E-state index in [9.17, 15) is 0 Å². The number of rotatable bonds is 7. The maximum absolute atomic E-state index is 5.93. The number of nitrogens with zero attached hydrogens (tertiary/aromatic N) is 4. The summed E-state index contributed by atoms with van der Waals surface area (Å²) >= 11 is 0. The first-order chi connectivity index (χ1) is 16.6. The molecule has 2 aliphatic heterocycles. The van der Waals surface area contributed by atoms with Gasteiger partial charge in [0.15, 0.2) is 5.82 Å². The van der Waals surface area contributed by atoms with E-state index in [0.29, 0.717) is 11.7 Å². The molecule has 0 spiro atoms. The first-order valence-corrected chi connectivity index (χ1v) is 12.6. The van der Waals surface area contributed by atoms with Crippen molar-refractivity contribution in [1.82, 2.24) is 20.6 Å². The van der Waals surface area contributed by atoms with Gasteiger partial charge in [0, 0.05) is 62.5 Å². The van der Waals surface area contributed by atoms with Crippen LogP contribution in [0, 0.1) is 5.92 Å². The lowest BCUT2D eigenvalue weighted by atomic mass is 9.79. The third-order valence-electron chi connectivity index (χ3n) is 7.16. The van der Waals surface area contributed by atoms with Gasteiger partial charge in [0.2, 0.25) is 0 Å². The van der Waals surface area contributed by atoms with Gasteiger partial charge in [-0.25, -0.2) is 9.97 Å². The highest BCUT2D eigenvalue weighted by molar-refractivity contribution is 6.03. The second kappa shape index (κ2) is 11.0. The number of hydrogen-bond acceptors (Lipinski definition) is 7. The molecule has 2 fully saturated rings. The van der Waals surface area contributed by atoms with Crippen LogP contribution in [0.25, 0.3) is 17.7 Å². The Balaban J connectivity index is 1.97. The van der Waals surface area contributed by atoms with Gasteiger partial charge in [-0.2, -0.15) is 0 Å². The minimum Gasteiger partial charge on any atom is -0.405 e. The normalized spacial score (nSPS) is 21.9. The zero-order chi connectivity index (χ0) is 24.1. The average Bonchev–Trinajstić information content (AvgIpc) is 3.16. The number of allylic oxidation sites excluding steroid dienone is 3. The highest BCUT2D eigenvalue weighted by Gasteiger charge is 2.26. The van der Waals surface area contributed by atoms with Crippen LogP contribution in [0.1, 0.15) is 51.8 Å². The predicted molar refractivity (Wildman–Crippen MR) is 143 cm³/mol. The largest absolute Gasteiger partial charge is 0.405 e. The van der Waals surface area contributed by atoms with E-state index in [1.54, 1.807) is 6.20 Å². The van der Waals surface area contributed by atoms with Crippen molar-refractivity contribution in [3.8, 4) is 0 Å². The average molecular weight is 462 g/mol. The van der Waals surface area contributed by atoms with E-state index in [0.717, 1.165) is 67.5 Å². The summed E-state index contributed by atoms with van der Waals surface area (Å²) < 4.78 is 0. The molecule has 1 saturated heterocycles. The molecule has 1 aromatic rings. The number of hydrogen-bond donors (Lipinski definition) is 3. The zero-order valence-corrected chi connectivity index (χ0v) is 21.0. The van der Waals surface area contributed by atoms with Gasteiger partial charge in [0.25, 0.3) is 0 Å². The number of aliphatic imine (C=N–C) groups is 1. The quantitative estimate of drug-likeness (QED) is 0.537. The van der Waals surface area contributed by atoms with Gasteiger partial charge in [-0.1, -0.05) is 26.3 Å². The number of piperazine rings is 1. The topological polar surface area (TPSA) is 91.5 Å². The molecule has 0 amide bonds. The second-order valence-corrected chi connectivity index (χ2v) is 9.36. The summed E-state index contributed by atoms with van der Waals surface area (Å²) in [5, 5.41) is 8.81. The Morgan fingerprint density at radius 3 is 2.65 bits per heavy atom. The van der Waals surface area contributed by atoms with E-state index in [1.165, 1.54) is 41.7 Å². The van der Waals surface area contributed by atoms with Crippen LogP contribution in [0.3, 0.4) is 0 Å². The Morgan fingerprint density at radius 1 is 1.26 bits per heavy atom. The fourth-order valence-corrected chi connectivity index (χ4v) is 5.16. The Bertz CT molecular complexity index is 1130. The van der Waals surface area contributed by atoms with Gasteiger partial charge < -0.3 is 21.3 Å². The van der Waals surface area contributed by atoms with Crippen molar-refractivity contribution in [3.63, 3.8) is 0 Å². The number of nitrogens with one attached hydrogen (secondary N) is 2. The summed E-state index contributed by atoms with van der Waals surface area (Å²) in [6.45, 7) is 13.3. The summed E-state index contributed by atoms with van der Waals surface area (Å²) in [5.41, 5.74) is 11.9. The van der Waals surface area contributed by atoms with Crippen molar-refractivity contribution in [1.29, 1.82) is 0 Å². The van der Waals surface area contributed by atoms with Crippen molar-refractivity contribution >= 4 is 29.8 Å². The Hall–Kier alpha value is -2.93. The van der Waals surface area contributed by atoms with Gasteiger partial charge >= 0.3 is 0 Å². The first-order valence-electron chi connectivity index (χ1n) is 12.6. The Kier molecular flexibility index (Phi) is 7.83. The monoisotopic (exact) mass is 461 g/mol. The van der Waals surface area contributed by atoms with E-state index in [4.69, 9.17) is 15.7 Å². The van der Waals surface area contributed by atoms with Gasteiger partial charge in [-0.05, 0) is 61.1 Å². The Morgan fingerprint density at radius 2 is 2.03 bits per heavy atom. The third-order valence-corrected chi connectivity index (χ3v) is 7.16. The molecule has 7 heteroatoms. The molecule has 0 radical (unpaired) electrons. The highest BCUT2D eigenvalue weighted by atomic mass is 15.2. The standard InChI is InChI=1S/C27H39N7/c1-5-7-21-18(2)31-17-24(21)22(10-11-28)26-32-19(3)25(23(16-29-4)20-8-6-9-20)27(33-26)34-14-12-30-13-15-34/h10-11,16,20,30-31H,3,5-9,12-15,17,28H2,1-2,4H3/b11-10-,24-22-,25-23-,29-16?. The lowest BCUT2D eigenvalue weighted by molar-refractivity contribution is 0.403. The molecule has 3 heterocycles. The number of nitrogens with two attached hydrogens (primary N) is 1. The lowest BCUT2D eigenvalue weighted by Crippen LogP contribution is -2.49. The molecule has 1 aliphatic carbocycles. The van der Waals surface area contributed by atoms with Crippen molar-refractivity contribution in [2.24, 2.45) is 16.6 Å². The molecule has 1 saturated carbocycles. The van der Waals surface area contributed by atoms with Gasteiger partial charge in [0.05, 0.1) is 5.35 Å². The molecular weight excluding hydrogens is 422 g/mol. The van der Waals surface area contributed by atoms with Crippen LogP contribution in [0.4, 0.5) is 5.82 Å². The van der Waals surface area contributed by atoms with Crippen molar-refractivity contribution < 1.29 is 0 Å². The van der Waals surface area contributed by atoms with Crippen molar-refractivity contribution in [2.45, 2.75) is 46.0 Å². The molecular formula is C27H39N7. The van der Waals surface area contributed by atoms with Gasteiger partial charge in [-0.3, -0.25) is 4.99 Å². The van der Waals surface area contributed by atoms with E-state index in [2.05, 4.69) is 41.0 Å². The molecule has 0 bridgehead atoms. The maximum atomic E-state index is 5.93. The zero-order valence-electron chi connectivity index (χ0n) is 21.0. The van der Waals surface area contributed by atoms with E-state index in [1.807, 2.05) is 19.3 Å². The van der Waals surface area contributed by atoms with E-state index < -0.39 is 0 Å². The Labute approximate surface area is 203 Å². The van der Waals surface area contributed by atoms with Crippen LogP contribution in [0.5, 0.6) is 0 Å². The molecule has 0 aromatic carbocycles. The minimum atomic E-state index is 0.503. The summed E-state index contributed by atoms with van der Waals surface area (Å²) in [6, 6.07) is 0. The molecule has 34 heavy (non-hydrogen) atoms. The van der Waals surface area contributed by atoms with Crippen LogP contribution in [-0.4, -0.2) is 56.0 Å². The predicted octanol–water partition coefficient (Wildman–Crippen LogP) is 1.85.